The van der Waals surface area contributed by atoms with E-state index in [1.807, 2.05) is 0 Å². The van der Waals surface area contributed by atoms with Crippen LogP contribution in [0, 0.1) is 0 Å². The third-order valence-electron chi connectivity index (χ3n) is 2.55. The molecule has 2 heterocycles. The van der Waals surface area contributed by atoms with Gasteiger partial charge >= 0.3 is 0 Å². The maximum absolute atomic E-state index is 5.75. The van der Waals surface area contributed by atoms with Gasteiger partial charge in [0.25, 0.3) is 0 Å². The van der Waals surface area contributed by atoms with Crippen LogP contribution in [0.25, 0.3) is 0 Å². The van der Waals surface area contributed by atoms with E-state index in [1.54, 1.807) is 24.2 Å². The van der Waals surface area contributed by atoms with Gasteiger partial charge in [-0.2, -0.15) is 0 Å². The number of rotatable bonds is 2. The molecule has 0 bridgehead atoms. The van der Waals surface area contributed by atoms with Crippen molar-refractivity contribution in [2.45, 2.75) is 16.3 Å². The number of nitrogens with one attached hydrogen (secondary N) is 1. The zero-order valence-electron chi connectivity index (χ0n) is 8.98. The number of anilines is 2. The minimum atomic E-state index is 0.641. The van der Waals surface area contributed by atoms with Crippen molar-refractivity contribution in [3.05, 3.63) is 36.2 Å². The molecule has 2 aromatic rings. The van der Waals surface area contributed by atoms with E-state index in [2.05, 4.69) is 33.5 Å². The molecule has 0 radical (unpaired) electrons. The van der Waals surface area contributed by atoms with Gasteiger partial charge in [0, 0.05) is 23.2 Å². The summed E-state index contributed by atoms with van der Waals surface area (Å²) in [5.41, 5.74) is 2.32. The topological polar surface area (TPSA) is 37.8 Å². The van der Waals surface area contributed by atoms with Crippen molar-refractivity contribution >= 4 is 34.9 Å². The zero-order valence-corrected chi connectivity index (χ0v) is 10.6. The lowest BCUT2D eigenvalue weighted by molar-refractivity contribution is 1.04. The fourth-order valence-electron chi connectivity index (χ4n) is 1.75. The fourth-order valence-corrected chi connectivity index (χ4v) is 2.84. The standard InChI is InChI=1S/C12H10ClN3S/c13-4-3-8-1-2-10-9(7-8)16-11-12(17-10)15-6-5-14-11/h1-2,5-7H,3-4H2,(H,14,16). The Hall–Kier alpha value is -1.26. The highest BCUT2D eigenvalue weighted by molar-refractivity contribution is 7.99. The summed E-state index contributed by atoms with van der Waals surface area (Å²) in [5, 5.41) is 4.22. The van der Waals surface area contributed by atoms with Crippen LogP contribution in [-0.2, 0) is 6.42 Å². The van der Waals surface area contributed by atoms with Gasteiger partial charge in [0.2, 0.25) is 0 Å². The van der Waals surface area contributed by atoms with E-state index in [1.165, 1.54) is 10.5 Å². The summed E-state index contributed by atoms with van der Waals surface area (Å²) < 4.78 is 0. The maximum Gasteiger partial charge on any atom is 0.163 e. The van der Waals surface area contributed by atoms with Crippen LogP contribution < -0.4 is 5.32 Å². The normalized spacial score (nSPS) is 12.5. The zero-order chi connectivity index (χ0) is 11.7. The third kappa shape index (κ3) is 2.10. The monoisotopic (exact) mass is 263 g/mol. The first-order chi connectivity index (χ1) is 8.36. The Balaban J connectivity index is 1.97. The van der Waals surface area contributed by atoms with E-state index in [0.717, 1.165) is 23.0 Å². The van der Waals surface area contributed by atoms with Crippen molar-refractivity contribution < 1.29 is 0 Å². The molecule has 86 valence electrons. The summed E-state index contributed by atoms with van der Waals surface area (Å²) in [6, 6.07) is 6.34. The van der Waals surface area contributed by atoms with Gasteiger partial charge in [-0.1, -0.05) is 17.8 Å². The maximum atomic E-state index is 5.75. The van der Waals surface area contributed by atoms with Gasteiger partial charge < -0.3 is 5.32 Å². The lowest BCUT2D eigenvalue weighted by Gasteiger charge is -2.19. The molecule has 0 saturated heterocycles. The molecule has 3 rings (SSSR count). The number of benzene rings is 1. The van der Waals surface area contributed by atoms with Crippen molar-refractivity contribution in [1.82, 2.24) is 9.97 Å². The summed E-state index contributed by atoms with van der Waals surface area (Å²) in [5.74, 6) is 1.47. The second-order valence-corrected chi connectivity index (χ2v) is 5.12. The SMILES string of the molecule is ClCCc1ccc2c(c1)Nc1nccnc1S2. The highest BCUT2D eigenvalue weighted by Gasteiger charge is 2.17. The van der Waals surface area contributed by atoms with Gasteiger partial charge in [0.1, 0.15) is 5.03 Å². The molecule has 1 aliphatic rings. The molecule has 0 fully saturated rings. The highest BCUT2D eigenvalue weighted by Crippen LogP contribution is 2.41. The molecule has 1 aromatic carbocycles. The minimum Gasteiger partial charge on any atom is -0.337 e. The summed E-state index contributed by atoms with van der Waals surface area (Å²) in [7, 11) is 0. The highest BCUT2D eigenvalue weighted by atomic mass is 35.5. The third-order valence-corrected chi connectivity index (χ3v) is 3.81. The average Bonchev–Trinajstić information content (AvgIpc) is 2.36. The summed E-state index contributed by atoms with van der Waals surface area (Å²) in [6.45, 7) is 0. The quantitative estimate of drug-likeness (QED) is 0.719. The van der Waals surface area contributed by atoms with Crippen molar-refractivity contribution in [2.24, 2.45) is 0 Å². The minimum absolute atomic E-state index is 0.641. The molecule has 0 amide bonds. The Labute approximate surface area is 109 Å². The Morgan fingerprint density at radius 3 is 3.00 bits per heavy atom. The Bertz CT molecular complexity index is 559. The number of fused-ring (bicyclic) bond motifs is 2. The van der Waals surface area contributed by atoms with Crippen molar-refractivity contribution in [1.29, 1.82) is 0 Å². The van der Waals surface area contributed by atoms with E-state index in [9.17, 15) is 0 Å². The van der Waals surface area contributed by atoms with Crippen LogP contribution in [-0.4, -0.2) is 15.8 Å². The van der Waals surface area contributed by atoms with E-state index < -0.39 is 0 Å². The second kappa shape index (κ2) is 4.55. The molecular weight excluding hydrogens is 254 g/mol. The molecule has 3 nitrogen and oxygen atoms in total. The van der Waals surface area contributed by atoms with E-state index in [0.29, 0.717) is 5.88 Å². The summed E-state index contributed by atoms with van der Waals surface area (Å²) in [4.78, 5) is 9.74. The Kier molecular flexibility index (Phi) is 2.91. The summed E-state index contributed by atoms with van der Waals surface area (Å²) >= 11 is 7.39. The number of hydrogen-bond acceptors (Lipinski definition) is 4. The number of aryl methyl sites for hydroxylation is 1. The number of hydrogen-bond donors (Lipinski definition) is 1. The lowest BCUT2D eigenvalue weighted by atomic mass is 10.1. The number of alkyl halides is 1. The van der Waals surface area contributed by atoms with E-state index in [-0.39, 0.29) is 0 Å². The van der Waals surface area contributed by atoms with Crippen LogP contribution in [0.15, 0.2) is 40.5 Å². The van der Waals surface area contributed by atoms with Crippen LogP contribution >= 0.6 is 23.4 Å². The van der Waals surface area contributed by atoms with Crippen LogP contribution in [0.2, 0.25) is 0 Å². The van der Waals surface area contributed by atoms with Crippen molar-refractivity contribution in [2.75, 3.05) is 11.2 Å². The Morgan fingerprint density at radius 2 is 2.12 bits per heavy atom. The molecule has 1 aromatic heterocycles. The van der Waals surface area contributed by atoms with Gasteiger partial charge in [-0.25, -0.2) is 9.97 Å². The van der Waals surface area contributed by atoms with Gasteiger partial charge in [-0.3, -0.25) is 0 Å². The molecule has 0 unspecified atom stereocenters. The van der Waals surface area contributed by atoms with Crippen LogP contribution in [0.4, 0.5) is 11.5 Å². The second-order valence-electron chi connectivity index (χ2n) is 3.71. The number of nitrogens with zero attached hydrogens (tertiary/aromatic N) is 2. The molecule has 0 saturated carbocycles. The first-order valence-electron chi connectivity index (χ1n) is 5.31. The average molecular weight is 264 g/mol. The first-order valence-corrected chi connectivity index (χ1v) is 6.67. The molecule has 0 atom stereocenters. The van der Waals surface area contributed by atoms with Gasteiger partial charge in [-0.05, 0) is 24.1 Å². The van der Waals surface area contributed by atoms with Crippen LogP contribution in [0.5, 0.6) is 0 Å². The van der Waals surface area contributed by atoms with Crippen LogP contribution in [0.1, 0.15) is 5.56 Å². The molecule has 0 aliphatic carbocycles. The van der Waals surface area contributed by atoms with Gasteiger partial charge in [-0.15, -0.1) is 11.6 Å². The fraction of sp³-hybridized carbons (Fsp3) is 0.167. The smallest absolute Gasteiger partial charge is 0.163 e. The number of aromatic nitrogens is 2. The molecule has 0 spiro atoms. The summed E-state index contributed by atoms with van der Waals surface area (Å²) in [6.07, 6.45) is 4.29. The molecule has 1 N–H and O–H groups in total. The van der Waals surface area contributed by atoms with Crippen molar-refractivity contribution in [3.63, 3.8) is 0 Å². The van der Waals surface area contributed by atoms with Gasteiger partial charge in [0.15, 0.2) is 5.82 Å². The largest absolute Gasteiger partial charge is 0.337 e. The van der Waals surface area contributed by atoms with Crippen molar-refractivity contribution in [3.8, 4) is 0 Å². The predicted octanol–water partition coefficient (Wildman–Crippen LogP) is 3.47. The molecule has 5 heteroatoms. The lowest BCUT2D eigenvalue weighted by Crippen LogP contribution is -2.04. The van der Waals surface area contributed by atoms with Crippen LogP contribution in [0.3, 0.4) is 0 Å². The number of halogens is 1. The van der Waals surface area contributed by atoms with Gasteiger partial charge in [0.05, 0.1) is 5.69 Å². The first kappa shape index (κ1) is 10.9. The molecule has 1 aliphatic heterocycles. The van der Waals surface area contributed by atoms with E-state index in [4.69, 9.17) is 11.6 Å². The molecule has 17 heavy (non-hydrogen) atoms. The molecular formula is C12H10ClN3S. The predicted molar refractivity (Wildman–Crippen MR) is 70.3 cm³/mol. The Morgan fingerprint density at radius 1 is 1.24 bits per heavy atom. The van der Waals surface area contributed by atoms with E-state index >= 15 is 0 Å².